The summed E-state index contributed by atoms with van der Waals surface area (Å²) in [5.74, 6) is -0.611. The number of amides is 1. The number of carbonyl (C=O) groups is 1. The van der Waals surface area contributed by atoms with E-state index in [4.69, 9.17) is 9.88 Å². The first-order valence-electron chi connectivity index (χ1n) is 8.97. The summed E-state index contributed by atoms with van der Waals surface area (Å²) < 4.78 is 28.2. The van der Waals surface area contributed by atoms with Gasteiger partial charge in [-0.1, -0.05) is 28.5 Å². The normalized spacial score (nSPS) is 17.7. The van der Waals surface area contributed by atoms with Crippen molar-refractivity contribution in [2.45, 2.75) is 43.1 Å². The highest BCUT2D eigenvalue weighted by Gasteiger charge is 2.60. The van der Waals surface area contributed by atoms with Crippen molar-refractivity contribution in [1.29, 1.82) is 0 Å². The monoisotopic (exact) mass is 469 g/mol. The Morgan fingerprint density at radius 1 is 1.29 bits per heavy atom. The molecule has 0 bridgehead atoms. The Kier molecular flexibility index (Phi) is 5.69. The lowest BCUT2D eigenvalue weighted by atomic mass is 9.84. The van der Waals surface area contributed by atoms with Crippen molar-refractivity contribution in [3.8, 4) is 5.75 Å². The van der Waals surface area contributed by atoms with Gasteiger partial charge in [0, 0.05) is 5.21 Å². The molecule has 31 heavy (non-hydrogen) atoms. The molecule has 2 aromatic rings. The van der Waals surface area contributed by atoms with Gasteiger partial charge in [0.1, 0.15) is 16.9 Å². The van der Waals surface area contributed by atoms with Gasteiger partial charge in [0.2, 0.25) is 9.47 Å². The van der Waals surface area contributed by atoms with Gasteiger partial charge in [0.25, 0.3) is 15.9 Å². The van der Waals surface area contributed by atoms with Crippen LogP contribution in [-0.4, -0.2) is 57.8 Å². The summed E-state index contributed by atoms with van der Waals surface area (Å²) in [7, 11) is -4.03. The number of amidine groups is 1. The first-order valence-corrected chi connectivity index (χ1v) is 11.3. The van der Waals surface area contributed by atoms with Gasteiger partial charge in [-0.15, -0.1) is 10.2 Å². The molecule has 0 atom stereocenters. The summed E-state index contributed by atoms with van der Waals surface area (Å²) in [6.45, 7) is 6.21. The van der Waals surface area contributed by atoms with E-state index >= 15 is 0 Å². The van der Waals surface area contributed by atoms with Crippen LogP contribution in [0.2, 0.25) is 0 Å². The Balaban J connectivity index is 1.79. The molecular weight excluding hydrogens is 448 g/mol. The number of sulfonamides is 1. The average molecular weight is 470 g/mol. The molecule has 0 spiro atoms. The third kappa shape index (κ3) is 4.06. The zero-order valence-corrected chi connectivity index (χ0v) is 18.8. The van der Waals surface area contributed by atoms with E-state index in [1.165, 1.54) is 6.07 Å². The Morgan fingerprint density at radius 2 is 1.94 bits per heavy atom. The highest BCUT2D eigenvalue weighted by Crippen LogP contribution is 2.38. The number of benzene rings is 1. The van der Waals surface area contributed by atoms with Crippen molar-refractivity contribution in [3.63, 3.8) is 0 Å². The van der Waals surface area contributed by atoms with E-state index in [0.717, 1.165) is 0 Å². The number of aromatic nitrogens is 2. The third-order valence-electron chi connectivity index (χ3n) is 5.28. The van der Waals surface area contributed by atoms with Crippen LogP contribution >= 0.6 is 11.3 Å². The van der Waals surface area contributed by atoms with Crippen LogP contribution in [0.1, 0.15) is 33.3 Å². The molecule has 167 valence electrons. The maximum atomic E-state index is 12.9. The quantitative estimate of drug-likeness (QED) is 0.353. The van der Waals surface area contributed by atoms with Crippen molar-refractivity contribution in [2.75, 3.05) is 11.9 Å². The van der Waals surface area contributed by atoms with Gasteiger partial charge < -0.3 is 9.94 Å². The van der Waals surface area contributed by atoms with Gasteiger partial charge in [-0.2, -0.15) is 0 Å². The average Bonchev–Trinajstić information content (AvgIpc) is 3.19. The number of nitrogens with one attached hydrogen (secondary N) is 1. The predicted octanol–water partition coefficient (Wildman–Crippen LogP) is 0.678. The minimum atomic E-state index is -4.03. The third-order valence-corrected chi connectivity index (χ3v) is 7.43. The number of anilines is 1. The van der Waals surface area contributed by atoms with Crippen LogP contribution in [-0.2, 0) is 20.0 Å². The SMILES string of the molecule is CC1(C)N([O])C(c2ccccc2OCC(=O)Nc2nnc(S(N)(=O)=O)s2)=[N+]([O-])C1(C)C. The molecule has 3 rings (SSSR count). The van der Waals surface area contributed by atoms with Crippen LogP contribution in [0.15, 0.2) is 28.6 Å². The van der Waals surface area contributed by atoms with E-state index in [2.05, 4.69) is 15.5 Å². The number of nitrogens with two attached hydrogens (primary N) is 1. The molecule has 14 heteroatoms. The molecule has 3 N–H and O–H groups in total. The standard InChI is InChI=1S/C17H21N6O6S2/c1-16(2)17(3,4)23(26)13(22(16)25)10-7-5-6-8-11(10)29-9-12(24)19-14-20-21-15(30-14)31(18,27)28/h5-8H,9H2,1-4H3,(H2,18,27,28)(H,19,20,24). The van der Waals surface area contributed by atoms with E-state index in [9.17, 15) is 23.6 Å². The number of hydroxylamine groups is 3. The van der Waals surface area contributed by atoms with Crippen molar-refractivity contribution in [3.05, 3.63) is 35.0 Å². The van der Waals surface area contributed by atoms with Crippen molar-refractivity contribution >= 4 is 38.2 Å². The number of para-hydroxylation sites is 1. The summed E-state index contributed by atoms with van der Waals surface area (Å²) in [5.41, 5.74) is -1.77. The van der Waals surface area contributed by atoms with Crippen LogP contribution in [0.4, 0.5) is 5.13 Å². The number of nitrogens with zero attached hydrogens (tertiary/aromatic N) is 4. The van der Waals surface area contributed by atoms with E-state index in [1.54, 1.807) is 45.9 Å². The second kappa shape index (κ2) is 7.71. The zero-order valence-electron chi connectivity index (χ0n) is 17.1. The number of primary sulfonamides is 1. The van der Waals surface area contributed by atoms with Gasteiger partial charge in [-0.25, -0.2) is 13.6 Å². The second-order valence-electron chi connectivity index (χ2n) is 7.78. The zero-order chi connectivity index (χ0) is 23.2. The molecule has 0 unspecified atom stereocenters. The summed E-state index contributed by atoms with van der Waals surface area (Å²) in [4.78, 5) is 12.2. The molecule has 1 radical (unpaired) electrons. The highest BCUT2D eigenvalue weighted by atomic mass is 32.2. The lowest BCUT2D eigenvalue weighted by molar-refractivity contribution is -0.539. The van der Waals surface area contributed by atoms with Gasteiger partial charge in [0.05, 0.1) is 0 Å². The van der Waals surface area contributed by atoms with Crippen molar-refractivity contribution < 1.29 is 27.9 Å². The van der Waals surface area contributed by atoms with Crippen LogP contribution in [0.25, 0.3) is 0 Å². The van der Waals surface area contributed by atoms with Crippen molar-refractivity contribution in [2.24, 2.45) is 5.14 Å². The fourth-order valence-electron chi connectivity index (χ4n) is 2.78. The number of hydrogen-bond acceptors (Lipinski definition) is 9. The number of carbonyl (C=O) groups excluding carboxylic acids is 1. The largest absolute Gasteiger partial charge is 0.714 e. The lowest BCUT2D eigenvalue weighted by Gasteiger charge is -2.32. The summed E-state index contributed by atoms with van der Waals surface area (Å²) in [5, 5.41) is 40.6. The fourth-order valence-corrected chi connectivity index (χ4v) is 4.13. The maximum absolute atomic E-state index is 12.9. The van der Waals surface area contributed by atoms with Crippen LogP contribution in [0, 0.1) is 5.21 Å². The first-order chi connectivity index (χ1) is 14.3. The molecule has 2 heterocycles. The molecule has 0 saturated carbocycles. The van der Waals surface area contributed by atoms with Gasteiger partial charge >= 0.3 is 5.84 Å². The molecule has 1 amide bonds. The first kappa shape index (κ1) is 22.9. The minimum absolute atomic E-state index is 0.0731. The molecule has 0 fully saturated rings. The Labute approximate surface area is 182 Å². The molecule has 1 aromatic carbocycles. The van der Waals surface area contributed by atoms with Crippen LogP contribution in [0.3, 0.4) is 0 Å². The Hall–Kier alpha value is -2.81. The summed E-state index contributed by atoms with van der Waals surface area (Å²) >= 11 is 0.591. The number of ether oxygens (including phenoxy) is 1. The van der Waals surface area contributed by atoms with E-state index in [1.807, 2.05) is 0 Å². The second-order valence-corrected chi connectivity index (χ2v) is 10.5. The smallest absolute Gasteiger partial charge is 0.320 e. The highest BCUT2D eigenvalue weighted by molar-refractivity contribution is 7.91. The molecule has 1 aliphatic rings. The number of rotatable bonds is 6. The maximum Gasteiger partial charge on any atom is 0.320 e. The minimum Gasteiger partial charge on any atom is -0.714 e. The molecule has 0 saturated heterocycles. The fraction of sp³-hybridized carbons (Fsp3) is 0.412. The lowest BCUT2D eigenvalue weighted by Crippen LogP contribution is -2.53. The Bertz CT molecular complexity index is 1160. The van der Waals surface area contributed by atoms with Crippen LogP contribution < -0.4 is 15.2 Å². The Morgan fingerprint density at radius 3 is 2.48 bits per heavy atom. The predicted molar refractivity (Wildman–Crippen MR) is 110 cm³/mol. The number of hydrogen-bond donors (Lipinski definition) is 2. The van der Waals surface area contributed by atoms with E-state index < -0.39 is 38.0 Å². The molecule has 0 aliphatic carbocycles. The van der Waals surface area contributed by atoms with Gasteiger partial charge in [-0.3, -0.25) is 14.9 Å². The summed E-state index contributed by atoms with van der Waals surface area (Å²) in [6.07, 6.45) is 0. The van der Waals surface area contributed by atoms with E-state index in [-0.39, 0.29) is 22.3 Å². The molecule has 1 aromatic heterocycles. The van der Waals surface area contributed by atoms with Gasteiger partial charge in [-0.05, 0) is 39.8 Å². The molecular formula is C17H21N6O6S2. The summed E-state index contributed by atoms with van der Waals surface area (Å²) in [6, 6.07) is 6.36. The van der Waals surface area contributed by atoms with Gasteiger partial charge in [0.15, 0.2) is 12.1 Å². The molecule has 1 aliphatic heterocycles. The van der Waals surface area contributed by atoms with E-state index in [0.29, 0.717) is 21.1 Å². The topological polar surface area (TPSA) is 173 Å². The van der Waals surface area contributed by atoms with Crippen LogP contribution in [0.5, 0.6) is 5.75 Å². The molecule has 12 nitrogen and oxygen atoms in total. The van der Waals surface area contributed by atoms with Crippen molar-refractivity contribution in [1.82, 2.24) is 15.3 Å².